The van der Waals surface area contributed by atoms with Gasteiger partial charge in [-0.2, -0.15) is 5.26 Å². The van der Waals surface area contributed by atoms with Gasteiger partial charge in [0, 0.05) is 18.2 Å². The summed E-state index contributed by atoms with van der Waals surface area (Å²) < 4.78 is 0. The Hall–Kier alpha value is -1.18. The van der Waals surface area contributed by atoms with Crippen LogP contribution in [-0.4, -0.2) is 4.98 Å². The second-order valence-corrected chi connectivity index (χ2v) is 5.08. The lowest BCUT2D eigenvalue weighted by Gasteiger charge is -1.92. The maximum atomic E-state index is 8.49. The van der Waals surface area contributed by atoms with Crippen molar-refractivity contribution >= 4 is 22.7 Å². The summed E-state index contributed by atoms with van der Waals surface area (Å²) in [7, 11) is 0. The molecule has 0 bridgehead atoms. The smallest absolute Gasteiger partial charge is 0.0943 e. The molecule has 0 aliphatic rings. The van der Waals surface area contributed by atoms with Crippen LogP contribution in [0.15, 0.2) is 16.8 Å². The van der Waals surface area contributed by atoms with Crippen LogP contribution in [0.5, 0.6) is 0 Å². The van der Waals surface area contributed by atoms with Crippen molar-refractivity contribution in [2.75, 3.05) is 0 Å². The summed E-state index contributed by atoms with van der Waals surface area (Å²) in [5, 5.41) is 13.7. The van der Waals surface area contributed by atoms with Crippen molar-refractivity contribution in [3.8, 4) is 16.6 Å². The molecule has 0 saturated carbocycles. The van der Waals surface area contributed by atoms with E-state index >= 15 is 0 Å². The summed E-state index contributed by atoms with van der Waals surface area (Å²) in [4.78, 5) is 5.77. The molecular weight excluding hydrogens is 224 g/mol. The van der Waals surface area contributed by atoms with Gasteiger partial charge in [0.1, 0.15) is 0 Å². The van der Waals surface area contributed by atoms with E-state index < -0.39 is 0 Å². The lowest BCUT2D eigenvalue weighted by Crippen LogP contribution is -1.82. The van der Waals surface area contributed by atoms with E-state index in [9.17, 15) is 0 Å². The Balaban J connectivity index is 2.21. The number of thiophene rings is 1. The summed E-state index contributed by atoms with van der Waals surface area (Å²) in [5.41, 5.74) is 2.33. The van der Waals surface area contributed by atoms with Crippen molar-refractivity contribution in [1.82, 2.24) is 4.98 Å². The summed E-state index contributed by atoms with van der Waals surface area (Å²) in [5.74, 6) is 0. The van der Waals surface area contributed by atoms with Crippen molar-refractivity contribution in [2.45, 2.75) is 19.8 Å². The zero-order valence-corrected chi connectivity index (χ0v) is 9.99. The van der Waals surface area contributed by atoms with Gasteiger partial charge in [0.25, 0.3) is 0 Å². The maximum absolute atomic E-state index is 8.49. The van der Waals surface area contributed by atoms with Gasteiger partial charge in [-0.15, -0.1) is 22.7 Å². The Kier molecular flexibility index (Phi) is 3.14. The second kappa shape index (κ2) is 4.56. The molecule has 0 aliphatic carbocycles. The fourth-order valence-electron chi connectivity index (χ4n) is 1.33. The van der Waals surface area contributed by atoms with E-state index in [-0.39, 0.29) is 0 Å². The number of hydrogen-bond donors (Lipinski definition) is 0. The summed E-state index contributed by atoms with van der Waals surface area (Å²) in [6, 6.07) is 4.25. The molecule has 0 aliphatic heterocycles. The SMILES string of the molecule is Cc1ccsc1-c1csc(CCC#N)n1. The lowest BCUT2D eigenvalue weighted by atomic mass is 10.2. The molecule has 0 spiro atoms. The molecule has 0 saturated heterocycles. The molecule has 0 atom stereocenters. The second-order valence-electron chi connectivity index (χ2n) is 3.22. The van der Waals surface area contributed by atoms with E-state index in [1.54, 1.807) is 22.7 Å². The van der Waals surface area contributed by atoms with Crippen LogP contribution in [0.25, 0.3) is 10.6 Å². The van der Waals surface area contributed by atoms with Crippen molar-refractivity contribution < 1.29 is 0 Å². The molecule has 2 aromatic heterocycles. The van der Waals surface area contributed by atoms with Gasteiger partial charge < -0.3 is 0 Å². The zero-order chi connectivity index (χ0) is 10.7. The topological polar surface area (TPSA) is 36.7 Å². The minimum Gasteiger partial charge on any atom is -0.240 e. The van der Waals surface area contributed by atoms with Gasteiger partial charge >= 0.3 is 0 Å². The van der Waals surface area contributed by atoms with Crippen LogP contribution in [0.2, 0.25) is 0 Å². The number of rotatable bonds is 3. The zero-order valence-electron chi connectivity index (χ0n) is 8.36. The Morgan fingerprint density at radius 2 is 2.33 bits per heavy atom. The third kappa shape index (κ3) is 2.25. The molecule has 0 aromatic carbocycles. The number of nitrogens with zero attached hydrogens (tertiary/aromatic N) is 2. The van der Waals surface area contributed by atoms with Gasteiger partial charge in [-0.3, -0.25) is 0 Å². The first kappa shape index (κ1) is 10.3. The Labute approximate surface area is 96.8 Å². The van der Waals surface area contributed by atoms with Crippen LogP contribution in [0.3, 0.4) is 0 Å². The third-order valence-electron chi connectivity index (χ3n) is 2.10. The van der Waals surface area contributed by atoms with E-state index in [0.717, 1.165) is 17.1 Å². The van der Waals surface area contributed by atoms with Gasteiger partial charge in [-0.25, -0.2) is 4.98 Å². The maximum Gasteiger partial charge on any atom is 0.0943 e. The fraction of sp³-hybridized carbons (Fsp3) is 0.273. The van der Waals surface area contributed by atoms with Crippen molar-refractivity contribution in [3.63, 3.8) is 0 Å². The predicted octanol–water partition coefficient (Wildman–Crippen LogP) is 3.64. The highest BCUT2D eigenvalue weighted by Gasteiger charge is 2.07. The van der Waals surface area contributed by atoms with Gasteiger partial charge in [-0.05, 0) is 23.9 Å². The number of aromatic nitrogens is 1. The van der Waals surface area contributed by atoms with Crippen molar-refractivity contribution in [2.24, 2.45) is 0 Å². The van der Waals surface area contributed by atoms with Gasteiger partial charge in [0.15, 0.2) is 0 Å². The van der Waals surface area contributed by atoms with Gasteiger partial charge in [0.05, 0.1) is 21.6 Å². The Morgan fingerprint density at radius 1 is 1.47 bits per heavy atom. The average molecular weight is 234 g/mol. The Bertz CT molecular complexity index is 491. The minimum atomic E-state index is 0.552. The summed E-state index contributed by atoms with van der Waals surface area (Å²) in [6.07, 6.45) is 1.32. The minimum absolute atomic E-state index is 0.552. The van der Waals surface area contributed by atoms with Crippen LogP contribution < -0.4 is 0 Å². The molecule has 0 N–H and O–H groups in total. The number of thiazole rings is 1. The monoisotopic (exact) mass is 234 g/mol. The van der Waals surface area contributed by atoms with E-state index in [1.165, 1.54) is 10.4 Å². The molecule has 15 heavy (non-hydrogen) atoms. The normalized spacial score (nSPS) is 10.1. The molecule has 2 rings (SSSR count). The van der Waals surface area contributed by atoms with Crippen LogP contribution in [0.4, 0.5) is 0 Å². The molecule has 0 fully saturated rings. The highest BCUT2D eigenvalue weighted by Crippen LogP contribution is 2.30. The van der Waals surface area contributed by atoms with Crippen LogP contribution >= 0.6 is 22.7 Å². The fourth-order valence-corrected chi connectivity index (χ4v) is 3.08. The molecule has 0 unspecified atom stereocenters. The van der Waals surface area contributed by atoms with E-state index in [2.05, 4.69) is 34.8 Å². The van der Waals surface area contributed by atoms with Crippen LogP contribution in [0, 0.1) is 18.3 Å². The molecule has 4 heteroatoms. The third-order valence-corrected chi connectivity index (χ3v) is 4.04. The molecule has 0 amide bonds. The molecular formula is C11H10N2S2. The van der Waals surface area contributed by atoms with E-state index in [1.807, 2.05) is 0 Å². The van der Waals surface area contributed by atoms with E-state index in [0.29, 0.717) is 6.42 Å². The largest absolute Gasteiger partial charge is 0.240 e. The first-order chi connectivity index (χ1) is 7.31. The number of nitriles is 1. The van der Waals surface area contributed by atoms with Gasteiger partial charge in [-0.1, -0.05) is 0 Å². The standard InChI is InChI=1S/C11H10N2S2/c1-8-4-6-14-11(8)9-7-15-10(13-9)3-2-5-12/h4,6-7H,2-3H2,1H3. The van der Waals surface area contributed by atoms with Crippen LogP contribution in [0.1, 0.15) is 17.0 Å². The quantitative estimate of drug-likeness (QED) is 0.813. The molecule has 0 radical (unpaired) electrons. The van der Waals surface area contributed by atoms with E-state index in [4.69, 9.17) is 5.26 Å². The lowest BCUT2D eigenvalue weighted by molar-refractivity contribution is 0.991. The number of hydrogen-bond acceptors (Lipinski definition) is 4. The van der Waals surface area contributed by atoms with Crippen molar-refractivity contribution in [1.29, 1.82) is 5.26 Å². The highest BCUT2D eigenvalue weighted by atomic mass is 32.1. The first-order valence-electron chi connectivity index (χ1n) is 4.67. The molecule has 2 heterocycles. The molecule has 76 valence electrons. The molecule has 2 nitrogen and oxygen atoms in total. The summed E-state index contributed by atoms with van der Waals surface area (Å²) >= 11 is 3.36. The van der Waals surface area contributed by atoms with Crippen molar-refractivity contribution in [3.05, 3.63) is 27.4 Å². The Morgan fingerprint density at radius 3 is 3.00 bits per heavy atom. The van der Waals surface area contributed by atoms with Gasteiger partial charge in [0.2, 0.25) is 0 Å². The molecule has 2 aromatic rings. The first-order valence-corrected chi connectivity index (χ1v) is 6.43. The summed E-state index contributed by atoms with van der Waals surface area (Å²) in [6.45, 7) is 2.10. The number of aryl methyl sites for hydroxylation is 2. The average Bonchev–Trinajstić information content (AvgIpc) is 2.83. The predicted molar refractivity (Wildman–Crippen MR) is 64.1 cm³/mol. The van der Waals surface area contributed by atoms with Crippen LogP contribution in [-0.2, 0) is 6.42 Å². The highest BCUT2D eigenvalue weighted by molar-refractivity contribution is 7.14.